The van der Waals surface area contributed by atoms with Gasteiger partial charge < -0.3 is 25.8 Å². The van der Waals surface area contributed by atoms with Crippen LogP contribution in [0, 0.1) is 40.9 Å². The van der Waals surface area contributed by atoms with Crippen LogP contribution < -0.4 is 16.0 Å². The molecular formula is C21H26F5N3O8S. The van der Waals surface area contributed by atoms with Crippen LogP contribution in [0.4, 0.5) is 26.7 Å². The number of nitrogens with one attached hydrogen (secondary N) is 3. The van der Waals surface area contributed by atoms with E-state index in [1.165, 1.54) is 0 Å². The summed E-state index contributed by atoms with van der Waals surface area (Å²) < 4.78 is 120. The highest BCUT2D eigenvalue weighted by Gasteiger charge is 2.38. The summed E-state index contributed by atoms with van der Waals surface area (Å²) in [4.78, 5) is 37.3. The Bertz CT molecular complexity index is 1240. The van der Waals surface area contributed by atoms with Crippen LogP contribution in [0.1, 0.15) is 41.4 Å². The van der Waals surface area contributed by atoms with Gasteiger partial charge in [0.1, 0.15) is 12.6 Å². The zero-order chi connectivity index (χ0) is 30.7. The number of ether oxygens (including phenoxy) is 1. The molecule has 0 bridgehead atoms. The van der Waals surface area contributed by atoms with Gasteiger partial charge in [-0.2, -0.15) is 8.42 Å². The monoisotopic (exact) mass is 577 g/mol. The molecule has 1 fully saturated rings. The Balaban J connectivity index is 2.28. The van der Waals surface area contributed by atoms with E-state index in [2.05, 4.69) is 15.4 Å². The Kier molecular flexibility index (Phi) is 9.32. The Labute approximate surface area is 216 Å². The van der Waals surface area contributed by atoms with E-state index in [1.807, 2.05) is 5.32 Å². The van der Waals surface area contributed by atoms with Gasteiger partial charge in [0, 0.05) is 12.5 Å². The van der Waals surface area contributed by atoms with Gasteiger partial charge in [-0.15, -0.1) is 0 Å². The fourth-order valence-corrected chi connectivity index (χ4v) is 4.17. The predicted octanol–water partition coefficient (Wildman–Crippen LogP) is 1.24. The van der Waals surface area contributed by atoms with Crippen molar-refractivity contribution >= 4 is 28.0 Å². The minimum atomic E-state index is -5.16. The minimum Gasteiger partial charge on any atom is -0.444 e. The molecule has 17 heteroatoms. The summed E-state index contributed by atoms with van der Waals surface area (Å²) >= 11 is 0. The first-order valence-corrected chi connectivity index (χ1v) is 12.5. The van der Waals surface area contributed by atoms with Crippen LogP contribution in [-0.4, -0.2) is 60.0 Å². The third-order valence-corrected chi connectivity index (χ3v) is 6.39. The molecule has 38 heavy (non-hydrogen) atoms. The van der Waals surface area contributed by atoms with Crippen LogP contribution in [0.25, 0.3) is 0 Å². The number of alkyl carbamates (subject to hydrolysis) is 1. The molecule has 0 aromatic heterocycles. The van der Waals surface area contributed by atoms with Crippen molar-refractivity contribution in [2.45, 2.75) is 57.2 Å². The van der Waals surface area contributed by atoms with Gasteiger partial charge in [-0.3, -0.25) is 14.1 Å². The van der Waals surface area contributed by atoms with Gasteiger partial charge in [0.15, 0.2) is 23.3 Å². The van der Waals surface area contributed by atoms with E-state index in [0.717, 1.165) is 0 Å². The van der Waals surface area contributed by atoms with E-state index in [9.17, 15) is 54.4 Å². The van der Waals surface area contributed by atoms with Crippen LogP contribution in [-0.2, 0) is 31.0 Å². The molecule has 1 aliphatic rings. The molecule has 1 aliphatic heterocycles. The molecule has 1 saturated heterocycles. The third kappa shape index (κ3) is 7.73. The molecule has 11 nitrogen and oxygen atoms in total. The van der Waals surface area contributed by atoms with Crippen molar-refractivity contribution in [3.63, 3.8) is 0 Å². The van der Waals surface area contributed by atoms with E-state index < -0.39 is 105 Å². The van der Waals surface area contributed by atoms with Gasteiger partial charge >= 0.3 is 6.09 Å². The molecule has 4 atom stereocenters. The molecule has 5 N–H and O–H groups in total. The van der Waals surface area contributed by atoms with E-state index >= 15 is 0 Å². The van der Waals surface area contributed by atoms with Gasteiger partial charge in [0.25, 0.3) is 10.1 Å². The zero-order valence-electron chi connectivity index (χ0n) is 21.9. The van der Waals surface area contributed by atoms with Crippen LogP contribution in [0.5, 0.6) is 0 Å². The first-order valence-electron chi connectivity index (χ1n) is 12.0. The highest BCUT2D eigenvalue weighted by atomic mass is 32.2. The summed E-state index contributed by atoms with van der Waals surface area (Å²) in [5, 5.41) is 16.5. The van der Waals surface area contributed by atoms with Crippen LogP contribution in [0.3, 0.4) is 0 Å². The maximum atomic E-state index is 14.1. The lowest BCUT2D eigenvalue weighted by Gasteiger charge is -2.27. The SMILES string of the molecule is [2H]C([2H])(OC(=O)N[C@@H](CC(C)C)C(=O)N[C@@H](CC1CCNC1=O)C(O)S(=O)(=O)O)c1c(F)c(F)c(F)c(F)c1F. The number of amides is 3. The summed E-state index contributed by atoms with van der Waals surface area (Å²) in [7, 11) is -5.16. The maximum Gasteiger partial charge on any atom is 0.408 e. The molecule has 3 amide bonds. The van der Waals surface area contributed by atoms with Gasteiger partial charge in [-0.1, -0.05) is 13.8 Å². The number of hydrogen-bond acceptors (Lipinski definition) is 7. The number of halogens is 5. The molecule has 1 aromatic carbocycles. The number of aliphatic hydroxyl groups is 1. The molecular weight excluding hydrogens is 549 g/mol. The number of rotatable bonds is 11. The molecule has 1 heterocycles. The first-order chi connectivity index (χ1) is 18.3. The Morgan fingerprint density at radius 3 is 2.13 bits per heavy atom. The summed E-state index contributed by atoms with van der Waals surface area (Å²) in [6, 6.07) is -3.48. The number of carbonyl (C=O) groups excluding carboxylic acids is 3. The van der Waals surface area contributed by atoms with Crippen molar-refractivity contribution in [3.05, 3.63) is 34.6 Å². The number of hydrogen-bond donors (Lipinski definition) is 5. The van der Waals surface area contributed by atoms with E-state index in [-0.39, 0.29) is 19.4 Å². The van der Waals surface area contributed by atoms with Crippen molar-refractivity contribution in [2.75, 3.05) is 6.54 Å². The largest absolute Gasteiger partial charge is 0.444 e. The van der Waals surface area contributed by atoms with Crippen LogP contribution in [0.15, 0.2) is 0 Å². The van der Waals surface area contributed by atoms with Gasteiger partial charge in [-0.25, -0.2) is 26.7 Å². The minimum absolute atomic E-state index is 0.205. The average molecular weight is 578 g/mol. The Hall–Kier alpha value is -3.05. The molecule has 0 spiro atoms. The molecule has 214 valence electrons. The lowest BCUT2D eigenvalue weighted by molar-refractivity contribution is -0.126. The Morgan fingerprint density at radius 1 is 1.11 bits per heavy atom. The molecule has 0 aliphatic carbocycles. The van der Waals surface area contributed by atoms with Crippen LogP contribution in [0.2, 0.25) is 0 Å². The molecule has 2 rings (SSSR count). The summed E-state index contributed by atoms with van der Waals surface area (Å²) in [6.07, 6.45) is -2.40. The zero-order valence-corrected chi connectivity index (χ0v) is 20.7. The van der Waals surface area contributed by atoms with Crippen LogP contribution >= 0.6 is 0 Å². The summed E-state index contributed by atoms with van der Waals surface area (Å²) in [5.41, 5.74) is -4.71. The summed E-state index contributed by atoms with van der Waals surface area (Å²) in [5.74, 6) is -15.8. The van der Waals surface area contributed by atoms with E-state index in [4.69, 9.17) is 2.74 Å². The quantitative estimate of drug-likeness (QED) is 0.113. The van der Waals surface area contributed by atoms with Gasteiger partial charge in [-0.05, 0) is 25.2 Å². The lowest BCUT2D eigenvalue weighted by atomic mass is 9.97. The second-order valence-corrected chi connectivity index (χ2v) is 10.3. The fourth-order valence-electron chi connectivity index (χ4n) is 3.58. The first kappa shape index (κ1) is 28.0. The lowest BCUT2D eigenvalue weighted by Crippen LogP contribution is -2.55. The van der Waals surface area contributed by atoms with E-state index in [0.29, 0.717) is 0 Å². The van der Waals surface area contributed by atoms with Gasteiger partial charge in [0.05, 0.1) is 14.3 Å². The smallest absolute Gasteiger partial charge is 0.408 e. The number of carbonyl (C=O) groups is 3. The second kappa shape index (κ2) is 12.7. The maximum absolute atomic E-state index is 14.1. The van der Waals surface area contributed by atoms with Crippen molar-refractivity contribution in [3.8, 4) is 0 Å². The normalized spacial score (nSPS) is 19.2. The molecule has 0 saturated carbocycles. The average Bonchev–Trinajstić information content (AvgIpc) is 3.22. The molecule has 0 radical (unpaired) electrons. The summed E-state index contributed by atoms with van der Waals surface area (Å²) in [6.45, 7) is -0.615. The van der Waals surface area contributed by atoms with Crippen molar-refractivity contribution in [1.29, 1.82) is 0 Å². The van der Waals surface area contributed by atoms with Crippen molar-refractivity contribution in [1.82, 2.24) is 16.0 Å². The fraction of sp³-hybridized carbons (Fsp3) is 0.571. The topological polar surface area (TPSA) is 171 Å². The van der Waals surface area contributed by atoms with Crippen molar-refractivity contribution in [2.24, 2.45) is 11.8 Å². The second-order valence-electron chi connectivity index (χ2n) is 8.80. The van der Waals surface area contributed by atoms with Gasteiger partial charge in [0.2, 0.25) is 23.1 Å². The molecule has 2 unspecified atom stereocenters. The Morgan fingerprint density at radius 2 is 1.66 bits per heavy atom. The van der Waals surface area contributed by atoms with E-state index in [1.54, 1.807) is 13.8 Å². The number of aliphatic hydroxyl groups excluding tert-OH is 1. The number of benzene rings is 1. The highest BCUT2D eigenvalue weighted by molar-refractivity contribution is 7.86. The van der Waals surface area contributed by atoms with Crippen molar-refractivity contribution < 1.29 is 61.9 Å². The highest BCUT2D eigenvalue weighted by Crippen LogP contribution is 2.24. The standard InChI is InChI=1S/C21H26F5N3O8S/c1-8(2)5-11(29-21(33)37-7-10-13(22)15(24)17(26)16(25)14(10)23)19(31)28-12(20(32)38(34,35)36)6-9-3-4-27-18(9)30/h8-9,11-12,20,32H,3-7H2,1-2H3,(H,27,30)(H,28,31)(H,29,33)(H,34,35,36)/t9?,11-,12-,20?/m0/s1/i7D2. The predicted molar refractivity (Wildman–Crippen MR) is 118 cm³/mol. The third-order valence-electron chi connectivity index (χ3n) is 5.45. The molecule has 1 aromatic rings.